The zero-order chi connectivity index (χ0) is 20.6. The van der Waals surface area contributed by atoms with Crippen molar-refractivity contribution < 1.29 is 17.6 Å². The van der Waals surface area contributed by atoms with Crippen LogP contribution < -0.4 is 10.0 Å². The van der Waals surface area contributed by atoms with E-state index in [9.17, 15) is 17.6 Å². The molecule has 0 heterocycles. The minimum atomic E-state index is -3.66. The number of rotatable bonds is 5. The largest absolute Gasteiger partial charge is 0.326 e. The smallest absolute Gasteiger partial charge is 0.241 e. The van der Waals surface area contributed by atoms with E-state index in [1.807, 2.05) is 26.0 Å². The van der Waals surface area contributed by atoms with Gasteiger partial charge in [0.25, 0.3) is 0 Å². The van der Waals surface area contributed by atoms with Crippen LogP contribution in [-0.4, -0.2) is 47.4 Å². The third kappa shape index (κ3) is 7.76. The van der Waals surface area contributed by atoms with E-state index in [-0.39, 0.29) is 16.9 Å². The quantitative estimate of drug-likeness (QED) is 0.720. The average molecular weight is 460 g/mol. The van der Waals surface area contributed by atoms with Crippen LogP contribution in [0.1, 0.15) is 5.56 Å². The second kappa shape index (κ2) is 10.5. The summed E-state index contributed by atoms with van der Waals surface area (Å²) >= 11 is 3.16. The summed E-state index contributed by atoms with van der Waals surface area (Å²) < 4.78 is 39.9. The molecule has 2 rings (SSSR count). The van der Waals surface area contributed by atoms with Gasteiger partial charge in [-0.25, -0.2) is 17.5 Å². The minimum Gasteiger partial charge on any atom is -0.326 e. The van der Waals surface area contributed by atoms with Crippen LogP contribution in [0.3, 0.4) is 0 Å². The number of sulfonamides is 1. The number of nitrogens with zero attached hydrogens (tertiary/aromatic N) is 1. The maximum absolute atomic E-state index is 13.5. The van der Waals surface area contributed by atoms with Gasteiger partial charge in [-0.05, 0) is 73.9 Å². The number of amides is 1. The van der Waals surface area contributed by atoms with Crippen molar-refractivity contribution in [2.75, 3.05) is 33.5 Å². The van der Waals surface area contributed by atoms with Gasteiger partial charge in [-0.3, -0.25) is 4.79 Å². The molecule has 0 bridgehead atoms. The Balaban J connectivity index is 0.000000828. The summed E-state index contributed by atoms with van der Waals surface area (Å²) in [7, 11) is 3.64. The first-order valence-corrected chi connectivity index (χ1v) is 10.2. The zero-order valence-corrected chi connectivity index (χ0v) is 18.0. The van der Waals surface area contributed by atoms with Crippen LogP contribution in [0.4, 0.5) is 10.1 Å². The van der Waals surface area contributed by atoms with Crippen molar-refractivity contribution in [2.24, 2.45) is 0 Å². The van der Waals surface area contributed by atoms with E-state index in [0.717, 1.165) is 0 Å². The number of hydrogen-bond acceptors (Lipinski definition) is 4. The van der Waals surface area contributed by atoms with Gasteiger partial charge >= 0.3 is 0 Å². The summed E-state index contributed by atoms with van der Waals surface area (Å²) in [6, 6.07) is 10.4. The average Bonchev–Trinajstić information content (AvgIpc) is 2.58. The molecule has 148 valence electrons. The first-order chi connectivity index (χ1) is 12.6. The second-order valence-corrected chi connectivity index (χ2v) is 8.72. The summed E-state index contributed by atoms with van der Waals surface area (Å²) in [6.07, 6.45) is -0.142. The molecule has 0 aliphatic carbocycles. The summed E-state index contributed by atoms with van der Waals surface area (Å²) in [6.45, 7) is 0. The van der Waals surface area contributed by atoms with Crippen molar-refractivity contribution in [1.82, 2.24) is 9.62 Å². The Kier molecular flexibility index (Phi) is 9.04. The van der Waals surface area contributed by atoms with E-state index in [1.54, 1.807) is 18.2 Å². The maximum Gasteiger partial charge on any atom is 0.241 e. The standard InChI is InChI=1S/C15H14BrFN2O3S.C3H9N/c1-18-23(21,22)14-9-11(6-7-12(14)16)19-15(20)8-10-4-2-3-5-13(10)17;1-4(2)3/h2-7,9,18H,8H2,1H3,(H,19,20);1-3H3. The van der Waals surface area contributed by atoms with Crippen molar-refractivity contribution in [3.8, 4) is 0 Å². The monoisotopic (exact) mass is 459 g/mol. The van der Waals surface area contributed by atoms with Crippen LogP contribution in [0.25, 0.3) is 0 Å². The van der Waals surface area contributed by atoms with Crippen molar-refractivity contribution in [3.63, 3.8) is 0 Å². The van der Waals surface area contributed by atoms with Crippen LogP contribution >= 0.6 is 15.9 Å². The van der Waals surface area contributed by atoms with E-state index in [2.05, 4.69) is 26.0 Å². The van der Waals surface area contributed by atoms with Gasteiger partial charge in [-0.1, -0.05) is 18.2 Å². The highest BCUT2D eigenvalue weighted by Crippen LogP contribution is 2.25. The van der Waals surface area contributed by atoms with Gasteiger partial charge in [0.2, 0.25) is 15.9 Å². The van der Waals surface area contributed by atoms with Crippen LogP contribution in [0, 0.1) is 5.82 Å². The van der Waals surface area contributed by atoms with Crippen molar-refractivity contribution in [3.05, 3.63) is 58.3 Å². The van der Waals surface area contributed by atoms with E-state index >= 15 is 0 Å². The number of benzene rings is 2. The lowest BCUT2D eigenvalue weighted by molar-refractivity contribution is -0.115. The lowest BCUT2D eigenvalue weighted by Gasteiger charge is -2.10. The third-order valence-electron chi connectivity index (χ3n) is 3.08. The van der Waals surface area contributed by atoms with Crippen molar-refractivity contribution >= 4 is 37.5 Å². The Labute approximate surface area is 167 Å². The molecule has 2 aromatic carbocycles. The predicted molar refractivity (Wildman–Crippen MR) is 109 cm³/mol. The molecule has 0 atom stereocenters. The van der Waals surface area contributed by atoms with Crippen LogP contribution in [0.15, 0.2) is 51.8 Å². The highest BCUT2D eigenvalue weighted by atomic mass is 79.9. The molecule has 0 radical (unpaired) electrons. The zero-order valence-electron chi connectivity index (χ0n) is 15.6. The number of carbonyl (C=O) groups excluding carboxylic acids is 1. The molecule has 0 aliphatic heterocycles. The molecule has 9 heteroatoms. The molecular weight excluding hydrogens is 437 g/mol. The molecule has 0 fully saturated rings. The molecule has 27 heavy (non-hydrogen) atoms. The Morgan fingerprint density at radius 1 is 1.15 bits per heavy atom. The molecule has 2 aromatic rings. The molecular formula is C18H23BrFN3O3S. The Morgan fingerprint density at radius 2 is 1.74 bits per heavy atom. The number of hydrogen-bond donors (Lipinski definition) is 2. The first-order valence-electron chi connectivity index (χ1n) is 7.94. The molecule has 0 aliphatic rings. The van der Waals surface area contributed by atoms with E-state index in [1.165, 1.54) is 31.3 Å². The highest BCUT2D eigenvalue weighted by molar-refractivity contribution is 9.10. The first kappa shape index (κ1) is 23.2. The second-order valence-electron chi connectivity index (χ2n) is 6.01. The van der Waals surface area contributed by atoms with Crippen LogP contribution in [-0.2, 0) is 21.2 Å². The van der Waals surface area contributed by atoms with E-state index in [0.29, 0.717) is 10.2 Å². The topological polar surface area (TPSA) is 78.5 Å². The minimum absolute atomic E-state index is 0.00342. The van der Waals surface area contributed by atoms with Gasteiger partial charge in [0.05, 0.1) is 11.3 Å². The molecule has 0 aromatic heterocycles. The van der Waals surface area contributed by atoms with Gasteiger partial charge in [0.1, 0.15) is 5.82 Å². The summed E-state index contributed by atoms with van der Waals surface area (Å²) in [4.78, 5) is 14.0. The fourth-order valence-electron chi connectivity index (χ4n) is 1.92. The number of halogens is 2. The Bertz CT molecular complexity index is 886. The lowest BCUT2D eigenvalue weighted by atomic mass is 10.1. The van der Waals surface area contributed by atoms with Gasteiger partial charge in [-0.2, -0.15) is 0 Å². The number of carbonyl (C=O) groups is 1. The summed E-state index contributed by atoms with van der Waals surface area (Å²) in [5, 5.41) is 2.56. The Hall–Kier alpha value is -1.81. The molecule has 2 N–H and O–H groups in total. The lowest BCUT2D eigenvalue weighted by Crippen LogP contribution is -2.20. The van der Waals surface area contributed by atoms with Crippen LogP contribution in [0.2, 0.25) is 0 Å². The normalized spacial score (nSPS) is 10.9. The molecule has 0 unspecified atom stereocenters. The maximum atomic E-state index is 13.5. The highest BCUT2D eigenvalue weighted by Gasteiger charge is 2.17. The fraction of sp³-hybridized carbons (Fsp3) is 0.278. The SMILES string of the molecule is CN(C)C.CNS(=O)(=O)c1cc(NC(=O)Cc2ccccc2F)ccc1Br. The molecule has 0 saturated carbocycles. The fourth-order valence-corrected chi connectivity index (χ4v) is 3.63. The van der Waals surface area contributed by atoms with E-state index < -0.39 is 21.7 Å². The van der Waals surface area contributed by atoms with Crippen molar-refractivity contribution in [2.45, 2.75) is 11.3 Å². The van der Waals surface area contributed by atoms with Gasteiger partial charge < -0.3 is 10.2 Å². The third-order valence-corrected chi connectivity index (χ3v) is 5.49. The molecule has 6 nitrogen and oxygen atoms in total. The number of nitrogens with one attached hydrogen (secondary N) is 2. The number of anilines is 1. The molecule has 1 amide bonds. The summed E-state index contributed by atoms with van der Waals surface area (Å²) in [5.74, 6) is -0.901. The molecule has 0 saturated heterocycles. The van der Waals surface area contributed by atoms with Crippen LogP contribution in [0.5, 0.6) is 0 Å². The Morgan fingerprint density at radius 3 is 2.30 bits per heavy atom. The van der Waals surface area contributed by atoms with Gasteiger partial charge in [0.15, 0.2) is 0 Å². The van der Waals surface area contributed by atoms with Gasteiger partial charge in [-0.15, -0.1) is 0 Å². The van der Waals surface area contributed by atoms with Crippen molar-refractivity contribution in [1.29, 1.82) is 0 Å². The van der Waals surface area contributed by atoms with E-state index in [4.69, 9.17) is 0 Å². The molecule has 0 spiro atoms. The predicted octanol–water partition coefficient (Wildman–Crippen LogP) is 2.86. The van der Waals surface area contributed by atoms with Gasteiger partial charge in [0, 0.05) is 10.2 Å². The summed E-state index contributed by atoms with van der Waals surface area (Å²) in [5.41, 5.74) is 0.577.